The average Bonchev–Trinajstić information content (AvgIpc) is 3.18. The first-order chi connectivity index (χ1) is 12.7. The SMILES string of the molecule is CCCC[NH-].CCCC[NH-].CCCC[NH-].[C-]1=CC=CC1.[CH3][Ge]([CH3])[C](F)(F)F.[Zr+4]. The third kappa shape index (κ3) is 56.3. The molecule has 1 rings (SSSR count). The molecule has 0 spiro atoms. The van der Waals surface area contributed by atoms with Gasteiger partial charge in [0.2, 0.25) is 0 Å². The van der Waals surface area contributed by atoms with Crippen LogP contribution >= 0.6 is 0 Å². The predicted molar refractivity (Wildman–Crippen MR) is 117 cm³/mol. The van der Waals surface area contributed by atoms with Crippen molar-refractivity contribution in [1.82, 2.24) is 0 Å². The monoisotopic (exact) mass is 544 g/mol. The molecule has 1 radical (unpaired) electrons. The first-order valence-corrected chi connectivity index (χ1v) is 15.0. The Balaban J connectivity index is -0.0000000786. The normalized spacial score (nSPS) is 10.9. The molecule has 0 saturated carbocycles. The Morgan fingerprint density at radius 2 is 1.18 bits per heavy atom. The summed E-state index contributed by atoms with van der Waals surface area (Å²) in [5, 5.41) is -3.83. The Morgan fingerprint density at radius 1 is 0.857 bits per heavy atom. The molecule has 0 amide bonds. The van der Waals surface area contributed by atoms with E-state index in [-0.39, 0.29) is 26.2 Å². The van der Waals surface area contributed by atoms with Gasteiger partial charge in [-0.2, -0.15) is 25.7 Å². The van der Waals surface area contributed by atoms with Gasteiger partial charge in [0.05, 0.1) is 0 Å². The molecule has 165 valence electrons. The van der Waals surface area contributed by atoms with Crippen LogP contribution in [0.3, 0.4) is 0 Å². The van der Waals surface area contributed by atoms with Crippen LogP contribution in [0.1, 0.15) is 65.7 Å². The summed E-state index contributed by atoms with van der Waals surface area (Å²) in [4.78, 5) is 0. The van der Waals surface area contributed by atoms with Crippen molar-refractivity contribution in [2.45, 2.75) is 82.2 Å². The fraction of sp³-hybridized carbons (Fsp3) is 0.800. The van der Waals surface area contributed by atoms with Gasteiger partial charge >= 0.3 is 70.2 Å². The van der Waals surface area contributed by atoms with E-state index in [1.807, 2.05) is 12.2 Å². The van der Waals surface area contributed by atoms with Gasteiger partial charge in [-0.1, -0.05) is 59.3 Å². The van der Waals surface area contributed by atoms with E-state index in [9.17, 15) is 13.2 Å². The van der Waals surface area contributed by atoms with Crippen LogP contribution in [-0.2, 0) is 26.2 Å². The van der Waals surface area contributed by atoms with Crippen molar-refractivity contribution in [2.75, 3.05) is 19.6 Å². The largest absolute Gasteiger partial charge is 4.00 e. The molecule has 0 unspecified atom stereocenters. The van der Waals surface area contributed by atoms with Crippen LogP contribution in [0.15, 0.2) is 18.2 Å². The molecule has 0 atom stereocenters. The summed E-state index contributed by atoms with van der Waals surface area (Å²) < 4.78 is 33.8. The predicted octanol–water partition coefficient (Wildman–Crippen LogP) is 8.66. The Kier molecular flexibility index (Phi) is 48.9. The molecular weight excluding hydrogens is 503 g/mol. The van der Waals surface area contributed by atoms with Crippen molar-refractivity contribution < 1.29 is 39.4 Å². The minimum absolute atomic E-state index is 0. The Bertz CT molecular complexity index is 271. The topological polar surface area (TPSA) is 71.4 Å². The first-order valence-electron chi connectivity index (χ1n) is 9.72. The van der Waals surface area contributed by atoms with Crippen molar-refractivity contribution in [2.24, 2.45) is 0 Å². The molecule has 0 aliphatic heterocycles. The second-order valence-corrected chi connectivity index (χ2v) is 11.2. The van der Waals surface area contributed by atoms with Gasteiger partial charge in [0.25, 0.3) is 0 Å². The number of unbranched alkanes of at least 4 members (excludes halogenated alkanes) is 3. The molecule has 3 N–H and O–H groups in total. The second-order valence-electron chi connectivity index (χ2n) is 5.81. The van der Waals surface area contributed by atoms with Gasteiger partial charge in [0.1, 0.15) is 0 Å². The smallest absolute Gasteiger partial charge is 4.00 e. The molecule has 1 aliphatic carbocycles. The number of rotatable bonds is 6. The summed E-state index contributed by atoms with van der Waals surface area (Å²) in [7, 11) is 0. The summed E-state index contributed by atoms with van der Waals surface area (Å²) in [5.74, 6) is 2.58. The summed E-state index contributed by atoms with van der Waals surface area (Å²) in [6.07, 6.45) is 16.6. The minimum Gasteiger partial charge on any atom is 4.00 e. The van der Waals surface area contributed by atoms with Crippen LogP contribution in [0.2, 0.25) is 11.5 Å². The van der Waals surface area contributed by atoms with Gasteiger partial charge in [-0.05, 0) is 0 Å². The zero-order chi connectivity index (χ0) is 22.0. The maximum atomic E-state index is 11.3. The quantitative estimate of drug-likeness (QED) is 0.237. The van der Waals surface area contributed by atoms with E-state index >= 15 is 0 Å². The maximum Gasteiger partial charge on any atom is 4.00 e. The third-order valence-corrected chi connectivity index (χ3v) is 5.12. The van der Waals surface area contributed by atoms with E-state index in [1.54, 1.807) is 0 Å². The zero-order valence-corrected chi connectivity index (χ0v) is 23.0. The molecule has 0 saturated heterocycles. The molecule has 28 heavy (non-hydrogen) atoms. The summed E-state index contributed by atoms with van der Waals surface area (Å²) in [6.45, 7) is 8.06. The molecule has 0 fully saturated rings. The minimum atomic E-state index is -3.83. The molecule has 0 aromatic rings. The molecule has 0 aromatic carbocycles. The van der Waals surface area contributed by atoms with E-state index in [0.29, 0.717) is 19.6 Å². The molecule has 1 aliphatic rings. The molecule has 0 bridgehead atoms. The van der Waals surface area contributed by atoms with Crippen LogP contribution in [0, 0.1) is 6.08 Å². The summed E-state index contributed by atoms with van der Waals surface area (Å²) in [5.41, 5.74) is 19.8. The van der Waals surface area contributed by atoms with Gasteiger partial charge < -0.3 is 17.2 Å². The second kappa shape index (κ2) is 35.0. The van der Waals surface area contributed by atoms with Gasteiger partial charge in [0, 0.05) is 0 Å². The van der Waals surface area contributed by atoms with E-state index in [2.05, 4.69) is 32.9 Å². The van der Waals surface area contributed by atoms with Crippen molar-refractivity contribution >= 4 is 14.3 Å². The van der Waals surface area contributed by atoms with Gasteiger partial charge in [-0.3, -0.25) is 6.08 Å². The van der Waals surface area contributed by atoms with Crippen molar-refractivity contribution in [3.8, 4) is 0 Å². The van der Waals surface area contributed by atoms with Crippen LogP contribution < -0.4 is 0 Å². The number of hydrogen-bond donors (Lipinski definition) is 0. The molecular formula is C20H41F3GeN3Zr. The summed E-state index contributed by atoms with van der Waals surface area (Å²) >= 11 is -2.59. The molecule has 0 aromatic heterocycles. The molecule has 8 heteroatoms. The van der Waals surface area contributed by atoms with Crippen LogP contribution in [0.25, 0.3) is 17.2 Å². The Morgan fingerprint density at radius 3 is 1.21 bits per heavy atom. The average molecular weight is 544 g/mol. The maximum absolute atomic E-state index is 11.3. The van der Waals surface area contributed by atoms with Crippen molar-refractivity contribution in [1.29, 1.82) is 0 Å². The van der Waals surface area contributed by atoms with Gasteiger partial charge in [-0.25, -0.2) is 12.2 Å². The Hall–Kier alpha value is 0.576. The standard InChI is InChI=1S/C5H5.3C4H10N.C3H6F3Ge.Zr/c1-2-4-5-3-1;3*1-2-3-4-5;1-7(2)3(4,5)6;/h1-3H,4H2;3*5H,2-4H2,1H3;1-2H3;/q4*-1;;+4. The van der Waals surface area contributed by atoms with Crippen molar-refractivity contribution in [3.05, 3.63) is 41.5 Å². The van der Waals surface area contributed by atoms with E-state index in [0.717, 1.165) is 44.9 Å². The van der Waals surface area contributed by atoms with E-state index < -0.39 is 19.4 Å². The number of hydrogen-bond acceptors (Lipinski definition) is 0. The van der Waals surface area contributed by atoms with E-state index in [1.165, 1.54) is 11.5 Å². The number of alkyl halides is 3. The molecule has 3 nitrogen and oxygen atoms in total. The molecule has 0 heterocycles. The summed E-state index contributed by atoms with van der Waals surface area (Å²) in [6, 6.07) is 0. The number of halogens is 3. The fourth-order valence-corrected chi connectivity index (χ4v) is 0.871. The van der Waals surface area contributed by atoms with Gasteiger partial charge in [-0.15, -0.1) is 6.42 Å². The van der Waals surface area contributed by atoms with Crippen LogP contribution in [-0.4, -0.2) is 39.0 Å². The third-order valence-electron chi connectivity index (χ3n) is 2.74. The van der Waals surface area contributed by atoms with E-state index in [4.69, 9.17) is 17.2 Å². The van der Waals surface area contributed by atoms with Gasteiger partial charge in [0.15, 0.2) is 0 Å². The Labute approximate surface area is 196 Å². The fourth-order valence-electron chi connectivity index (χ4n) is 0.871. The zero-order valence-electron chi connectivity index (χ0n) is 18.4. The number of nitrogens with one attached hydrogen (secondary N) is 3. The van der Waals surface area contributed by atoms with Crippen LogP contribution in [0.5, 0.6) is 0 Å². The first kappa shape index (κ1) is 39.1. The van der Waals surface area contributed by atoms with Crippen molar-refractivity contribution in [3.63, 3.8) is 0 Å². The van der Waals surface area contributed by atoms with Crippen LogP contribution in [0.4, 0.5) is 13.2 Å². The number of allylic oxidation sites excluding steroid dienone is 4.